The summed E-state index contributed by atoms with van der Waals surface area (Å²) in [4.78, 5) is 26.1. The predicted octanol–water partition coefficient (Wildman–Crippen LogP) is 3.39. The largest absolute Gasteiger partial charge is 0.495 e. The first-order valence-electron chi connectivity index (χ1n) is 8.21. The molecule has 0 unspecified atom stereocenters. The Hall–Kier alpha value is -2.64. The zero-order valence-corrected chi connectivity index (χ0v) is 16.0. The van der Waals surface area contributed by atoms with Crippen LogP contribution in [-0.2, 0) is 9.59 Å². The summed E-state index contributed by atoms with van der Waals surface area (Å²) < 4.78 is 18.8. The van der Waals surface area contributed by atoms with Crippen molar-refractivity contribution >= 4 is 34.8 Å². The van der Waals surface area contributed by atoms with Crippen LogP contribution in [0.3, 0.4) is 0 Å². The normalized spacial score (nSPS) is 11.8. The van der Waals surface area contributed by atoms with Crippen LogP contribution in [0.25, 0.3) is 0 Å². The highest BCUT2D eigenvalue weighted by molar-refractivity contribution is 6.31. The molecule has 27 heavy (non-hydrogen) atoms. The fourth-order valence-electron chi connectivity index (χ4n) is 2.33. The van der Waals surface area contributed by atoms with Crippen LogP contribution in [0.4, 0.5) is 15.8 Å². The topological polar surface area (TPSA) is 70.7 Å². The van der Waals surface area contributed by atoms with Gasteiger partial charge in [-0.2, -0.15) is 0 Å². The van der Waals surface area contributed by atoms with E-state index in [1.165, 1.54) is 25.3 Å². The molecule has 0 saturated carbocycles. The number of halogens is 2. The maximum atomic E-state index is 13.7. The number of likely N-dealkylation sites (N-methyl/N-ethyl adjacent to an activating group) is 1. The summed E-state index contributed by atoms with van der Waals surface area (Å²) in [7, 11) is 3.11. The van der Waals surface area contributed by atoms with E-state index in [0.717, 1.165) is 0 Å². The van der Waals surface area contributed by atoms with Crippen molar-refractivity contribution in [3.63, 3.8) is 0 Å². The lowest BCUT2D eigenvalue weighted by Gasteiger charge is -2.23. The zero-order chi connectivity index (χ0) is 20.0. The molecule has 2 amide bonds. The first-order valence-corrected chi connectivity index (χ1v) is 8.58. The lowest BCUT2D eigenvalue weighted by molar-refractivity contribution is -0.122. The van der Waals surface area contributed by atoms with Gasteiger partial charge in [0, 0.05) is 5.02 Å². The molecule has 1 atom stereocenters. The van der Waals surface area contributed by atoms with Crippen LogP contribution in [0, 0.1) is 5.82 Å². The second-order valence-electron chi connectivity index (χ2n) is 5.95. The summed E-state index contributed by atoms with van der Waals surface area (Å²) in [6.45, 7) is 1.57. The van der Waals surface area contributed by atoms with Crippen molar-refractivity contribution in [2.75, 3.05) is 31.3 Å². The van der Waals surface area contributed by atoms with Crippen molar-refractivity contribution in [2.45, 2.75) is 13.0 Å². The standard InChI is InChI=1S/C19H21ClFN3O3/c1-12(19(26)23-15-7-5-4-6-14(15)21)24(2)11-18(25)22-16-10-13(20)8-9-17(16)27-3/h4-10,12H,11H2,1-3H3,(H,22,25)(H,23,26)/t12-/m1/s1. The number of carbonyl (C=O) groups excluding carboxylic acids is 2. The number of ether oxygens (including phenoxy) is 1. The van der Waals surface area contributed by atoms with Gasteiger partial charge >= 0.3 is 0 Å². The maximum Gasteiger partial charge on any atom is 0.241 e. The molecule has 0 spiro atoms. The summed E-state index contributed by atoms with van der Waals surface area (Å²) in [6.07, 6.45) is 0. The van der Waals surface area contributed by atoms with Gasteiger partial charge in [0.15, 0.2) is 0 Å². The quantitative estimate of drug-likeness (QED) is 0.756. The molecule has 0 aliphatic heterocycles. The molecule has 0 radical (unpaired) electrons. The maximum absolute atomic E-state index is 13.7. The highest BCUT2D eigenvalue weighted by Crippen LogP contribution is 2.27. The third kappa shape index (κ3) is 5.67. The van der Waals surface area contributed by atoms with E-state index in [0.29, 0.717) is 16.5 Å². The van der Waals surface area contributed by atoms with E-state index >= 15 is 0 Å². The number of methoxy groups -OCH3 is 1. The van der Waals surface area contributed by atoms with Crippen molar-refractivity contribution in [3.8, 4) is 5.75 Å². The first-order chi connectivity index (χ1) is 12.8. The summed E-state index contributed by atoms with van der Waals surface area (Å²) >= 11 is 5.94. The van der Waals surface area contributed by atoms with Gasteiger partial charge in [0.2, 0.25) is 11.8 Å². The summed E-state index contributed by atoms with van der Waals surface area (Å²) in [5.41, 5.74) is 0.530. The predicted molar refractivity (Wildman–Crippen MR) is 104 cm³/mol. The van der Waals surface area contributed by atoms with E-state index in [9.17, 15) is 14.0 Å². The molecule has 0 fully saturated rings. The Morgan fingerprint density at radius 1 is 1.19 bits per heavy atom. The minimum absolute atomic E-state index is 0.0540. The van der Waals surface area contributed by atoms with Crippen LogP contribution >= 0.6 is 11.6 Å². The highest BCUT2D eigenvalue weighted by Gasteiger charge is 2.21. The number of nitrogens with one attached hydrogen (secondary N) is 2. The second-order valence-corrected chi connectivity index (χ2v) is 6.39. The Morgan fingerprint density at radius 3 is 2.56 bits per heavy atom. The van der Waals surface area contributed by atoms with Crippen LogP contribution in [0.2, 0.25) is 5.02 Å². The van der Waals surface area contributed by atoms with Crippen LogP contribution in [0.5, 0.6) is 5.75 Å². The van der Waals surface area contributed by atoms with Gasteiger partial charge in [-0.1, -0.05) is 23.7 Å². The number of rotatable bonds is 7. The van der Waals surface area contributed by atoms with Crippen LogP contribution < -0.4 is 15.4 Å². The smallest absolute Gasteiger partial charge is 0.241 e. The number of hydrogen-bond donors (Lipinski definition) is 2. The van der Waals surface area contributed by atoms with E-state index in [-0.39, 0.29) is 18.1 Å². The average Bonchev–Trinajstić information content (AvgIpc) is 2.63. The van der Waals surface area contributed by atoms with Gasteiger partial charge in [-0.05, 0) is 44.3 Å². The monoisotopic (exact) mass is 393 g/mol. The number of carbonyl (C=O) groups is 2. The van der Waals surface area contributed by atoms with Crippen molar-refractivity contribution in [1.82, 2.24) is 4.90 Å². The number of hydrogen-bond acceptors (Lipinski definition) is 4. The Balaban J connectivity index is 1.96. The lowest BCUT2D eigenvalue weighted by Crippen LogP contribution is -2.43. The summed E-state index contributed by atoms with van der Waals surface area (Å²) in [5.74, 6) is -0.813. The van der Waals surface area contributed by atoms with Gasteiger partial charge in [0.25, 0.3) is 0 Å². The Kier molecular flexibility index (Phi) is 7.15. The number of nitrogens with zero attached hydrogens (tertiary/aromatic N) is 1. The number of amides is 2. The molecule has 0 aliphatic rings. The van der Waals surface area contributed by atoms with Gasteiger partial charge in [-0.3, -0.25) is 14.5 Å². The molecular weight excluding hydrogens is 373 g/mol. The average molecular weight is 394 g/mol. The van der Waals surface area contributed by atoms with Crippen molar-refractivity contribution in [2.24, 2.45) is 0 Å². The molecule has 0 heterocycles. The summed E-state index contributed by atoms with van der Waals surface area (Å²) in [6, 6.07) is 10.1. The number of anilines is 2. The lowest BCUT2D eigenvalue weighted by atomic mass is 10.2. The van der Waals surface area contributed by atoms with Crippen LogP contribution in [0.1, 0.15) is 6.92 Å². The minimum Gasteiger partial charge on any atom is -0.495 e. The minimum atomic E-state index is -0.656. The molecule has 2 rings (SSSR count). The highest BCUT2D eigenvalue weighted by atomic mass is 35.5. The second kappa shape index (κ2) is 9.34. The van der Waals surface area contributed by atoms with Gasteiger partial charge in [-0.15, -0.1) is 0 Å². The van der Waals surface area contributed by atoms with E-state index in [2.05, 4.69) is 10.6 Å². The van der Waals surface area contributed by atoms with Gasteiger partial charge in [0.1, 0.15) is 11.6 Å². The molecule has 2 N–H and O–H groups in total. The van der Waals surface area contributed by atoms with Gasteiger partial charge < -0.3 is 15.4 Å². The van der Waals surface area contributed by atoms with Crippen molar-refractivity contribution in [1.29, 1.82) is 0 Å². The molecule has 2 aromatic carbocycles. The SMILES string of the molecule is COc1ccc(Cl)cc1NC(=O)CN(C)[C@H](C)C(=O)Nc1ccccc1F. The Morgan fingerprint density at radius 2 is 1.89 bits per heavy atom. The fourth-order valence-corrected chi connectivity index (χ4v) is 2.50. The number of benzene rings is 2. The van der Waals surface area contributed by atoms with Crippen LogP contribution in [0.15, 0.2) is 42.5 Å². The van der Waals surface area contributed by atoms with E-state index in [1.807, 2.05) is 0 Å². The van der Waals surface area contributed by atoms with E-state index < -0.39 is 17.8 Å². The Labute approximate surface area is 162 Å². The molecule has 0 saturated heterocycles. The van der Waals surface area contributed by atoms with E-state index in [4.69, 9.17) is 16.3 Å². The van der Waals surface area contributed by atoms with Crippen molar-refractivity contribution in [3.05, 3.63) is 53.3 Å². The molecule has 6 nitrogen and oxygen atoms in total. The molecule has 0 aliphatic carbocycles. The summed E-state index contributed by atoms with van der Waals surface area (Å²) in [5, 5.41) is 5.67. The molecule has 0 aromatic heterocycles. The van der Waals surface area contributed by atoms with Gasteiger partial charge in [0.05, 0.1) is 31.1 Å². The van der Waals surface area contributed by atoms with E-state index in [1.54, 1.807) is 43.1 Å². The molecule has 0 bridgehead atoms. The van der Waals surface area contributed by atoms with Crippen LogP contribution in [-0.4, -0.2) is 43.5 Å². The van der Waals surface area contributed by atoms with Gasteiger partial charge in [-0.25, -0.2) is 4.39 Å². The molecular formula is C19H21ClFN3O3. The molecule has 2 aromatic rings. The Bertz CT molecular complexity index is 832. The zero-order valence-electron chi connectivity index (χ0n) is 15.3. The first kappa shape index (κ1) is 20.7. The third-order valence-corrected chi connectivity index (χ3v) is 4.24. The molecule has 8 heteroatoms. The third-order valence-electron chi connectivity index (χ3n) is 4.00. The van der Waals surface area contributed by atoms with Crippen molar-refractivity contribution < 1.29 is 18.7 Å². The molecule has 144 valence electrons. The fraction of sp³-hybridized carbons (Fsp3) is 0.263. The number of para-hydroxylation sites is 1.